The first-order valence-electron chi connectivity index (χ1n) is 6.02. The van der Waals surface area contributed by atoms with E-state index in [2.05, 4.69) is 15.3 Å². The number of rotatable bonds is 2. The SMILES string of the molecule is N#Cc1cnc(N[C@H]2c3ccccc3C[C@H]2O)cn1. The van der Waals surface area contributed by atoms with E-state index in [1.165, 1.54) is 12.4 Å². The van der Waals surface area contributed by atoms with E-state index in [-0.39, 0.29) is 11.7 Å². The number of aliphatic hydroxyl groups excluding tert-OH is 1. The average molecular weight is 252 g/mol. The standard InChI is InChI=1S/C14H12N4O/c15-6-10-7-17-13(8-16-10)18-14-11-4-2-1-3-9(11)5-12(14)19/h1-4,7-8,12,14,19H,5H2,(H,17,18)/t12-,14+/m1/s1. The van der Waals surface area contributed by atoms with Crippen molar-refractivity contribution in [1.82, 2.24) is 9.97 Å². The highest BCUT2D eigenvalue weighted by Gasteiger charge is 2.30. The summed E-state index contributed by atoms with van der Waals surface area (Å²) in [6.45, 7) is 0. The van der Waals surface area contributed by atoms with Gasteiger partial charge in [0.15, 0.2) is 5.69 Å². The van der Waals surface area contributed by atoms with Crippen LogP contribution in [0, 0.1) is 11.3 Å². The summed E-state index contributed by atoms with van der Waals surface area (Å²) in [6.07, 6.45) is 3.08. The molecule has 0 fully saturated rings. The van der Waals surface area contributed by atoms with Gasteiger partial charge in [-0.1, -0.05) is 24.3 Å². The molecule has 0 saturated heterocycles. The highest BCUT2D eigenvalue weighted by Crippen LogP contribution is 2.33. The molecular weight excluding hydrogens is 240 g/mol. The number of aromatic nitrogens is 2. The third-order valence-electron chi connectivity index (χ3n) is 3.27. The van der Waals surface area contributed by atoms with E-state index < -0.39 is 6.10 Å². The van der Waals surface area contributed by atoms with Crippen molar-refractivity contribution in [3.05, 3.63) is 53.5 Å². The molecule has 0 bridgehead atoms. The minimum Gasteiger partial charge on any atom is -0.390 e. The van der Waals surface area contributed by atoms with Crippen LogP contribution < -0.4 is 5.32 Å². The average Bonchev–Trinajstić information content (AvgIpc) is 2.76. The van der Waals surface area contributed by atoms with Gasteiger partial charge in [0.1, 0.15) is 11.9 Å². The van der Waals surface area contributed by atoms with Crippen molar-refractivity contribution in [2.45, 2.75) is 18.6 Å². The van der Waals surface area contributed by atoms with Gasteiger partial charge in [-0.05, 0) is 11.1 Å². The lowest BCUT2D eigenvalue weighted by molar-refractivity contribution is 0.165. The maximum absolute atomic E-state index is 10.1. The number of hydrogen-bond acceptors (Lipinski definition) is 5. The van der Waals surface area contributed by atoms with E-state index >= 15 is 0 Å². The Hall–Kier alpha value is -2.45. The van der Waals surface area contributed by atoms with Crippen molar-refractivity contribution in [3.63, 3.8) is 0 Å². The maximum Gasteiger partial charge on any atom is 0.158 e. The van der Waals surface area contributed by atoms with Gasteiger partial charge in [-0.25, -0.2) is 9.97 Å². The quantitative estimate of drug-likeness (QED) is 0.844. The van der Waals surface area contributed by atoms with Crippen molar-refractivity contribution >= 4 is 5.82 Å². The predicted octanol–water partition coefficient (Wildman–Crippen LogP) is 1.42. The largest absolute Gasteiger partial charge is 0.390 e. The summed E-state index contributed by atoms with van der Waals surface area (Å²) in [4.78, 5) is 8.07. The molecule has 19 heavy (non-hydrogen) atoms. The normalized spacial score (nSPS) is 20.6. The molecule has 1 aliphatic rings. The molecule has 0 aliphatic heterocycles. The summed E-state index contributed by atoms with van der Waals surface area (Å²) >= 11 is 0. The number of fused-ring (bicyclic) bond motifs is 1. The molecule has 5 nitrogen and oxygen atoms in total. The van der Waals surface area contributed by atoms with Gasteiger partial charge in [0.2, 0.25) is 0 Å². The monoisotopic (exact) mass is 252 g/mol. The Morgan fingerprint density at radius 1 is 1.26 bits per heavy atom. The fraction of sp³-hybridized carbons (Fsp3) is 0.214. The van der Waals surface area contributed by atoms with Crippen molar-refractivity contribution in [1.29, 1.82) is 5.26 Å². The molecule has 2 aromatic rings. The van der Waals surface area contributed by atoms with Crippen LogP contribution in [-0.4, -0.2) is 21.2 Å². The summed E-state index contributed by atoms with van der Waals surface area (Å²) in [5, 5.41) is 21.9. The number of aliphatic hydroxyl groups is 1. The molecule has 0 radical (unpaired) electrons. The van der Waals surface area contributed by atoms with Crippen LogP contribution in [0.3, 0.4) is 0 Å². The first-order valence-corrected chi connectivity index (χ1v) is 6.02. The zero-order valence-electron chi connectivity index (χ0n) is 10.1. The van der Waals surface area contributed by atoms with Crippen LogP contribution in [0.25, 0.3) is 0 Å². The van der Waals surface area contributed by atoms with Gasteiger partial charge in [-0.2, -0.15) is 5.26 Å². The minimum atomic E-state index is -0.477. The second-order valence-corrected chi connectivity index (χ2v) is 4.49. The molecule has 3 rings (SSSR count). The molecule has 0 amide bonds. The van der Waals surface area contributed by atoms with Crippen molar-refractivity contribution < 1.29 is 5.11 Å². The van der Waals surface area contributed by atoms with E-state index in [1.54, 1.807) is 0 Å². The third-order valence-corrected chi connectivity index (χ3v) is 3.27. The smallest absolute Gasteiger partial charge is 0.158 e. The Morgan fingerprint density at radius 3 is 2.84 bits per heavy atom. The Labute approximate surface area is 110 Å². The van der Waals surface area contributed by atoms with E-state index in [9.17, 15) is 5.11 Å². The molecule has 2 N–H and O–H groups in total. The molecule has 0 saturated carbocycles. The van der Waals surface area contributed by atoms with Crippen LogP contribution in [0.5, 0.6) is 0 Å². The van der Waals surface area contributed by atoms with Gasteiger partial charge < -0.3 is 10.4 Å². The van der Waals surface area contributed by atoms with E-state index in [4.69, 9.17) is 5.26 Å². The fourth-order valence-electron chi connectivity index (χ4n) is 2.37. The maximum atomic E-state index is 10.1. The Kier molecular flexibility index (Phi) is 2.86. The zero-order valence-corrected chi connectivity index (χ0v) is 10.1. The molecule has 5 heteroatoms. The van der Waals surface area contributed by atoms with E-state index in [1.807, 2.05) is 30.3 Å². The van der Waals surface area contributed by atoms with Gasteiger partial charge in [0, 0.05) is 6.42 Å². The van der Waals surface area contributed by atoms with Crippen LogP contribution in [0.4, 0.5) is 5.82 Å². The van der Waals surface area contributed by atoms with Gasteiger partial charge in [-0.15, -0.1) is 0 Å². The summed E-state index contributed by atoms with van der Waals surface area (Å²) in [6, 6.07) is 9.68. The minimum absolute atomic E-state index is 0.182. The molecule has 1 heterocycles. The molecule has 1 aromatic heterocycles. The van der Waals surface area contributed by atoms with Crippen LogP contribution >= 0.6 is 0 Å². The lowest BCUT2D eigenvalue weighted by atomic mass is 10.1. The zero-order chi connectivity index (χ0) is 13.2. The Morgan fingerprint density at radius 2 is 2.11 bits per heavy atom. The highest BCUT2D eigenvalue weighted by atomic mass is 16.3. The number of nitrogens with zero attached hydrogens (tertiary/aromatic N) is 3. The molecule has 94 valence electrons. The molecule has 1 aromatic carbocycles. The molecule has 1 aliphatic carbocycles. The summed E-state index contributed by atoms with van der Waals surface area (Å²) in [5.74, 6) is 0.555. The predicted molar refractivity (Wildman–Crippen MR) is 69.3 cm³/mol. The number of hydrogen-bond donors (Lipinski definition) is 2. The lowest BCUT2D eigenvalue weighted by Crippen LogP contribution is -2.21. The molecule has 2 atom stereocenters. The van der Waals surface area contributed by atoms with Crippen LogP contribution in [0.15, 0.2) is 36.7 Å². The van der Waals surface area contributed by atoms with Crippen LogP contribution in [-0.2, 0) is 6.42 Å². The Bertz CT molecular complexity index is 633. The first-order chi connectivity index (χ1) is 9.28. The fourth-order valence-corrected chi connectivity index (χ4v) is 2.37. The molecule has 0 unspecified atom stereocenters. The van der Waals surface area contributed by atoms with Crippen LogP contribution in [0.2, 0.25) is 0 Å². The summed E-state index contributed by atoms with van der Waals surface area (Å²) in [5.41, 5.74) is 2.51. The summed E-state index contributed by atoms with van der Waals surface area (Å²) in [7, 11) is 0. The number of anilines is 1. The van der Waals surface area contributed by atoms with Crippen molar-refractivity contribution in [2.24, 2.45) is 0 Å². The number of nitriles is 1. The van der Waals surface area contributed by atoms with E-state index in [0.29, 0.717) is 12.2 Å². The molecule has 0 spiro atoms. The number of benzene rings is 1. The first kappa shape index (κ1) is 11.6. The van der Waals surface area contributed by atoms with Gasteiger partial charge in [0.05, 0.1) is 24.5 Å². The number of nitrogens with one attached hydrogen (secondary N) is 1. The van der Waals surface area contributed by atoms with Crippen molar-refractivity contribution in [2.75, 3.05) is 5.32 Å². The summed E-state index contributed by atoms with van der Waals surface area (Å²) < 4.78 is 0. The van der Waals surface area contributed by atoms with Gasteiger partial charge in [0.25, 0.3) is 0 Å². The van der Waals surface area contributed by atoms with Gasteiger partial charge in [-0.3, -0.25) is 0 Å². The van der Waals surface area contributed by atoms with E-state index in [0.717, 1.165) is 11.1 Å². The second-order valence-electron chi connectivity index (χ2n) is 4.49. The second kappa shape index (κ2) is 4.67. The molecular formula is C14H12N4O. The topological polar surface area (TPSA) is 81.8 Å². The van der Waals surface area contributed by atoms with Crippen LogP contribution in [0.1, 0.15) is 22.9 Å². The lowest BCUT2D eigenvalue weighted by Gasteiger charge is -2.18. The Balaban J connectivity index is 1.85. The third kappa shape index (κ3) is 2.14. The highest BCUT2D eigenvalue weighted by molar-refractivity contribution is 5.44. The van der Waals surface area contributed by atoms with Gasteiger partial charge >= 0.3 is 0 Å². The van der Waals surface area contributed by atoms with Crippen molar-refractivity contribution in [3.8, 4) is 6.07 Å².